The van der Waals surface area contributed by atoms with E-state index in [1.165, 1.54) is 6.21 Å². The second-order valence-corrected chi connectivity index (χ2v) is 8.34. The zero-order valence-electron chi connectivity index (χ0n) is 16.6. The first-order valence-corrected chi connectivity index (χ1v) is 10.9. The predicted molar refractivity (Wildman–Crippen MR) is 129 cm³/mol. The summed E-state index contributed by atoms with van der Waals surface area (Å²) in [4.78, 5) is 24.5. The number of hydrogen-bond acceptors (Lipinski definition) is 5. The third-order valence-electron chi connectivity index (χ3n) is 4.14. The number of carbonyl (C=O) groups is 2. The van der Waals surface area contributed by atoms with Gasteiger partial charge in [0.2, 0.25) is 0 Å². The summed E-state index contributed by atoms with van der Waals surface area (Å²) >= 11 is 6.81. The molecule has 0 aliphatic carbocycles. The fourth-order valence-corrected chi connectivity index (χ4v) is 3.92. The minimum absolute atomic E-state index is 0.0679. The van der Waals surface area contributed by atoms with Gasteiger partial charge in [-0.3, -0.25) is 4.79 Å². The Morgan fingerprint density at radius 2 is 1.74 bits per heavy atom. The Kier molecular flexibility index (Phi) is 7.97. The number of nitrogens with one attached hydrogen (secondary N) is 2. The third-order valence-corrected chi connectivity index (χ3v) is 5.19. The van der Waals surface area contributed by atoms with Crippen molar-refractivity contribution in [3.05, 3.63) is 92.4 Å². The molecule has 3 aromatic carbocycles. The van der Waals surface area contributed by atoms with Crippen LogP contribution in [0.3, 0.4) is 0 Å². The summed E-state index contributed by atoms with van der Waals surface area (Å²) in [6.45, 7) is 2.06. The van der Waals surface area contributed by atoms with E-state index in [2.05, 4.69) is 47.7 Å². The van der Waals surface area contributed by atoms with E-state index in [-0.39, 0.29) is 12.5 Å². The molecule has 0 fully saturated rings. The topological polar surface area (TPSA) is 79.8 Å². The number of benzene rings is 3. The van der Waals surface area contributed by atoms with Crippen molar-refractivity contribution in [1.82, 2.24) is 5.43 Å². The standard InChI is InChI=1S/C23H19Br2N3O3/c1-15-7-9-19(10-8-15)26-14-21(29)28-27-13-17-11-18(24)12-20(25)22(17)31-23(30)16-5-3-2-4-6-16/h2-13,26H,14H2,1H3,(H,28,29). The van der Waals surface area contributed by atoms with Crippen LogP contribution in [0.25, 0.3) is 0 Å². The van der Waals surface area contributed by atoms with Crippen LogP contribution in [0.15, 0.2) is 80.8 Å². The van der Waals surface area contributed by atoms with Crippen molar-refractivity contribution in [2.24, 2.45) is 5.10 Å². The first-order chi connectivity index (χ1) is 14.9. The summed E-state index contributed by atoms with van der Waals surface area (Å²) in [6, 6.07) is 19.9. The van der Waals surface area contributed by atoms with E-state index < -0.39 is 5.97 Å². The van der Waals surface area contributed by atoms with Gasteiger partial charge in [0, 0.05) is 15.7 Å². The molecule has 3 aromatic rings. The molecule has 0 atom stereocenters. The lowest BCUT2D eigenvalue weighted by molar-refractivity contribution is -0.119. The van der Waals surface area contributed by atoms with Crippen LogP contribution in [0.5, 0.6) is 5.75 Å². The zero-order chi connectivity index (χ0) is 22.2. The number of halogens is 2. The number of ether oxygens (including phenoxy) is 1. The SMILES string of the molecule is Cc1ccc(NCC(=O)NN=Cc2cc(Br)cc(Br)c2OC(=O)c2ccccc2)cc1. The van der Waals surface area contributed by atoms with Gasteiger partial charge in [-0.15, -0.1) is 0 Å². The van der Waals surface area contributed by atoms with E-state index in [9.17, 15) is 9.59 Å². The number of nitrogens with zero attached hydrogens (tertiary/aromatic N) is 1. The molecular weight excluding hydrogens is 526 g/mol. The molecule has 0 spiro atoms. The average Bonchev–Trinajstić information content (AvgIpc) is 2.76. The van der Waals surface area contributed by atoms with Gasteiger partial charge in [-0.25, -0.2) is 10.2 Å². The van der Waals surface area contributed by atoms with Crippen molar-refractivity contribution in [1.29, 1.82) is 0 Å². The maximum absolute atomic E-state index is 12.4. The molecule has 0 bridgehead atoms. The van der Waals surface area contributed by atoms with Crippen molar-refractivity contribution in [3.8, 4) is 5.75 Å². The van der Waals surface area contributed by atoms with Gasteiger partial charge in [0.15, 0.2) is 5.75 Å². The average molecular weight is 545 g/mol. The summed E-state index contributed by atoms with van der Waals surface area (Å²) in [5.74, 6) is -0.508. The van der Waals surface area contributed by atoms with E-state index >= 15 is 0 Å². The molecule has 0 aliphatic rings. The van der Waals surface area contributed by atoms with E-state index in [1.54, 1.807) is 36.4 Å². The highest BCUT2D eigenvalue weighted by Gasteiger charge is 2.15. The number of carbonyl (C=O) groups excluding carboxylic acids is 2. The maximum Gasteiger partial charge on any atom is 0.343 e. The van der Waals surface area contributed by atoms with Crippen molar-refractivity contribution in [3.63, 3.8) is 0 Å². The lowest BCUT2D eigenvalue weighted by Crippen LogP contribution is -2.25. The smallest absolute Gasteiger partial charge is 0.343 e. The molecule has 6 nitrogen and oxygen atoms in total. The minimum Gasteiger partial charge on any atom is -0.421 e. The number of esters is 1. The molecule has 31 heavy (non-hydrogen) atoms. The zero-order valence-corrected chi connectivity index (χ0v) is 19.7. The summed E-state index contributed by atoms with van der Waals surface area (Å²) in [6.07, 6.45) is 1.42. The van der Waals surface area contributed by atoms with Crippen LogP contribution in [-0.2, 0) is 4.79 Å². The van der Waals surface area contributed by atoms with Crippen LogP contribution in [0.1, 0.15) is 21.5 Å². The monoisotopic (exact) mass is 543 g/mol. The van der Waals surface area contributed by atoms with E-state index in [1.807, 2.05) is 37.3 Å². The van der Waals surface area contributed by atoms with Crippen molar-refractivity contribution in [2.75, 3.05) is 11.9 Å². The van der Waals surface area contributed by atoms with Gasteiger partial charge in [-0.2, -0.15) is 5.10 Å². The van der Waals surface area contributed by atoms with Gasteiger partial charge in [-0.05, 0) is 59.3 Å². The molecule has 2 N–H and O–H groups in total. The molecule has 0 radical (unpaired) electrons. The van der Waals surface area contributed by atoms with Crippen LogP contribution >= 0.6 is 31.9 Å². The molecule has 8 heteroatoms. The Bertz CT molecular complexity index is 1100. The largest absolute Gasteiger partial charge is 0.421 e. The lowest BCUT2D eigenvalue weighted by Gasteiger charge is -2.10. The third kappa shape index (κ3) is 6.77. The van der Waals surface area contributed by atoms with E-state index in [0.29, 0.717) is 21.3 Å². The fourth-order valence-electron chi connectivity index (χ4n) is 2.58. The fraction of sp³-hybridized carbons (Fsp3) is 0.0870. The Labute approximate surface area is 197 Å². The lowest BCUT2D eigenvalue weighted by atomic mass is 10.2. The number of amides is 1. The van der Waals surface area contributed by atoms with Gasteiger partial charge < -0.3 is 10.1 Å². The number of hydrazone groups is 1. The number of aryl methyl sites for hydroxylation is 1. The second kappa shape index (κ2) is 10.9. The second-order valence-electron chi connectivity index (χ2n) is 6.57. The highest BCUT2D eigenvalue weighted by Crippen LogP contribution is 2.32. The number of hydrogen-bond donors (Lipinski definition) is 2. The summed E-state index contributed by atoms with van der Waals surface area (Å²) in [5, 5.41) is 7.02. The molecule has 158 valence electrons. The van der Waals surface area contributed by atoms with E-state index in [4.69, 9.17) is 4.74 Å². The molecule has 3 rings (SSSR count). The van der Waals surface area contributed by atoms with Gasteiger partial charge in [-0.1, -0.05) is 51.8 Å². The normalized spacial score (nSPS) is 10.7. The summed E-state index contributed by atoms with van der Waals surface area (Å²) < 4.78 is 6.89. The summed E-state index contributed by atoms with van der Waals surface area (Å²) in [5.41, 5.74) is 5.38. The van der Waals surface area contributed by atoms with Crippen LogP contribution in [0, 0.1) is 6.92 Å². The quantitative estimate of drug-likeness (QED) is 0.183. The summed E-state index contributed by atoms with van der Waals surface area (Å²) in [7, 11) is 0. The molecule has 0 heterocycles. The first kappa shape index (κ1) is 22.7. The first-order valence-electron chi connectivity index (χ1n) is 9.31. The molecule has 1 amide bonds. The predicted octanol–water partition coefficient (Wildman–Crippen LogP) is 5.30. The van der Waals surface area contributed by atoms with Crippen LogP contribution in [-0.4, -0.2) is 24.6 Å². The van der Waals surface area contributed by atoms with Crippen molar-refractivity contribution >= 4 is 55.6 Å². The Morgan fingerprint density at radius 3 is 2.45 bits per heavy atom. The maximum atomic E-state index is 12.4. The Morgan fingerprint density at radius 1 is 1.03 bits per heavy atom. The molecule has 0 unspecified atom stereocenters. The number of rotatable bonds is 7. The molecular formula is C23H19Br2N3O3. The number of anilines is 1. The molecule has 0 saturated heterocycles. The van der Waals surface area contributed by atoms with Crippen molar-refractivity contribution in [2.45, 2.75) is 6.92 Å². The Hall–Kier alpha value is -2.97. The highest BCUT2D eigenvalue weighted by molar-refractivity contribution is 9.11. The van der Waals surface area contributed by atoms with Crippen LogP contribution in [0.4, 0.5) is 5.69 Å². The van der Waals surface area contributed by atoms with E-state index in [0.717, 1.165) is 15.7 Å². The van der Waals surface area contributed by atoms with Crippen LogP contribution in [0.2, 0.25) is 0 Å². The van der Waals surface area contributed by atoms with Crippen molar-refractivity contribution < 1.29 is 14.3 Å². The highest BCUT2D eigenvalue weighted by atomic mass is 79.9. The van der Waals surface area contributed by atoms with Gasteiger partial charge in [0.1, 0.15) is 0 Å². The van der Waals surface area contributed by atoms with Gasteiger partial charge in [0.25, 0.3) is 5.91 Å². The minimum atomic E-state index is -0.496. The molecule has 0 saturated carbocycles. The van der Waals surface area contributed by atoms with Gasteiger partial charge in [0.05, 0.1) is 22.8 Å². The molecule has 0 aliphatic heterocycles. The Balaban J connectivity index is 1.65. The van der Waals surface area contributed by atoms with Gasteiger partial charge >= 0.3 is 5.97 Å². The molecule has 0 aromatic heterocycles. The van der Waals surface area contributed by atoms with Crippen LogP contribution < -0.4 is 15.5 Å².